The summed E-state index contributed by atoms with van der Waals surface area (Å²) in [5.41, 5.74) is 7.06. The Bertz CT molecular complexity index is 1000. The Hall–Kier alpha value is -3.08. The first-order valence-corrected chi connectivity index (χ1v) is 12.7. The van der Waals surface area contributed by atoms with Gasteiger partial charge in [-0.05, 0) is 35.7 Å². The second-order valence-corrected chi connectivity index (χ2v) is 10.0. The van der Waals surface area contributed by atoms with E-state index in [1.165, 1.54) is 0 Å². The molecule has 3 aromatic rings. The molecule has 3 aromatic carbocycles. The van der Waals surface area contributed by atoms with Crippen LogP contribution in [0.2, 0.25) is 0 Å². The number of hydrogen-bond donors (Lipinski definition) is 2. The van der Waals surface area contributed by atoms with Crippen molar-refractivity contribution in [1.82, 2.24) is 5.32 Å². The summed E-state index contributed by atoms with van der Waals surface area (Å²) in [5.74, 6) is -0.612. The van der Waals surface area contributed by atoms with Gasteiger partial charge in [0.15, 0.2) is 5.78 Å². The van der Waals surface area contributed by atoms with Crippen LogP contribution in [0.4, 0.5) is 0 Å². The van der Waals surface area contributed by atoms with Crippen molar-refractivity contribution in [3.05, 3.63) is 96.6 Å². The summed E-state index contributed by atoms with van der Waals surface area (Å²) in [6.45, 7) is 3.89. The summed E-state index contributed by atoms with van der Waals surface area (Å²) >= 11 is 0. The molecule has 0 aromatic heterocycles. The fraction of sp³-hybridized carbons (Fsp3) is 0.269. The molecular weight excluding hydrogens is 435 g/mol. The van der Waals surface area contributed by atoms with E-state index in [0.29, 0.717) is 11.5 Å². The molecule has 0 aliphatic rings. The highest BCUT2D eigenvalue weighted by Gasteiger charge is 2.41. The maximum absolute atomic E-state index is 14.4. The molecule has 0 spiro atoms. The Morgan fingerprint density at radius 1 is 0.879 bits per heavy atom. The second kappa shape index (κ2) is 11.7. The van der Waals surface area contributed by atoms with E-state index in [4.69, 9.17) is 14.8 Å². The lowest BCUT2D eigenvalue weighted by Crippen LogP contribution is -2.49. The normalized spacial score (nSPS) is 14.0. The van der Waals surface area contributed by atoms with Crippen LogP contribution in [-0.4, -0.2) is 17.7 Å². The standard InChI is InChI=1S/C26H31N2O4P/c1-3-20(2)25(27)26(29)28-24(19-21-13-7-4-8-14-21)33(30,31-22-15-9-5-10-16-22)32-23-17-11-6-12-18-23/h4-18,20,24-25H,3,19,27H2,1-2H3,(H,28,29)/t20-,24?,25-/m0/s1. The minimum Gasteiger partial charge on any atom is -0.415 e. The van der Waals surface area contributed by atoms with Gasteiger partial charge in [0.1, 0.15) is 11.5 Å². The van der Waals surface area contributed by atoms with E-state index in [2.05, 4.69) is 5.32 Å². The van der Waals surface area contributed by atoms with Gasteiger partial charge >= 0.3 is 7.60 Å². The molecule has 174 valence electrons. The van der Waals surface area contributed by atoms with E-state index >= 15 is 0 Å². The number of nitrogens with one attached hydrogen (secondary N) is 1. The van der Waals surface area contributed by atoms with Crippen molar-refractivity contribution < 1.29 is 18.4 Å². The van der Waals surface area contributed by atoms with Gasteiger partial charge in [-0.25, -0.2) is 4.57 Å². The zero-order chi connectivity index (χ0) is 23.7. The number of amides is 1. The Labute approximate surface area is 195 Å². The SMILES string of the molecule is CC[C@H](C)[C@H](N)C(=O)NC(Cc1ccccc1)P(=O)(Oc1ccccc1)Oc1ccccc1. The molecule has 33 heavy (non-hydrogen) atoms. The Morgan fingerprint density at radius 2 is 1.33 bits per heavy atom. The van der Waals surface area contributed by atoms with Crippen LogP contribution in [0.15, 0.2) is 91.0 Å². The third-order valence-electron chi connectivity index (χ3n) is 5.47. The lowest BCUT2D eigenvalue weighted by Gasteiger charge is -2.30. The van der Waals surface area contributed by atoms with E-state index < -0.39 is 19.4 Å². The second-order valence-electron chi connectivity index (χ2n) is 7.97. The number of carbonyl (C=O) groups is 1. The third-order valence-corrected chi connectivity index (χ3v) is 7.48. The number of nitrogens with two attached hydrogens (primary N) is 1. The predicted octanol–water partition coefficient (Wildman–Crippen LogP) is 5.40. The highest BCUT2D eigenvalue weighted by Crippen LogP contribution is 2.53. The number of para-hydroxylation sites is 2. The molecular formula is C26H31N2O4P. The highest BCUT2D eigenvalue weighted by molar-refractivity contribution is 7.55. The zero-order valence-electron chi connectivity index (χ0n) is 19.0. The maximum Gasteiger partial charge on any atom is 0.453 e. The first-order chi connectivity index (χ1) is 15.9. The molecule has 0 fully saturated rings. The first-order valence-electron chi connectivity index (χ1n) is 11.1. The average molecular weight is 467 g/mol. The van der Waals surface area contributed by atoms with Crippen molar-refractivity contribution in [2.45, 2.75) is 38.5 Å². The van der Waals surface area contributed by atoms with Crippen molar-refractivity contribution >= 4 is 13.5 Å². The van der Waals surface area contributed by atoms with Crippen LogP contribution in [0, 0.1) is 5.92 Å². The molecule has 3 rings (SSSR count). The van der Waals surface area contributed by atoms with Crippen LogP contribution in [0.3, 0.4) is 0 Å². The smallest absolute Gasteiger partial charge is 0.415 e. The van der Waals surface area contributed by atoms with Gasteiger partial charge in [0.05, 0.1) is 6.04 Å². The number of benzene rings is 3. The third kappa shape index (κ3) is 6.95. The van der Waals surface area contributed by atoms with Gasteiger partial charge in [0.25, 0.3) is 0 Å². The molecule has 3 N–H and O–H groups in total. The van der Waals surface area contributed by atoms with Crippen LogP contribution in [-0.2, 0) is 15.8 Å². The van der Waals surface area contributed by atoms with Gasteiger partial charge in [0.2, 0.25) is 5.91 Å². The van der Waals surface area contributed by atoms with Crippen molar-refractivity contribution in [2.75, 3.05) is 0 Å². The largest absolute Gasteiger partial charge is 0.453 e. The number of carbonyl (C=O) groups excluding carboxylic acids is 1. The van der Waals surface area contributed by atoms with Crippen LogP contribution < -0.4 is 20.1 Å². The van der Waals surface area contributed by atoms with Crippen molar-refractivity contribution in [3.63, 3.8) is 0 Å². The van der Waals surface area contributed by atoms with E-state index in [9.17, 15) is 9.36 Å². The van der Waals surface area contributed by atoms with Gasteiger partial charge in [-0.3, -0.25) is 4.79 Å². The number of hydrogen-bond acceptors (Lipinski definition) is 5. The Kier molecular flexibility index (Phi) is 8.70. The zero-order valence-corrected chi connectivity index (χ0v) is 19.9. The molecule has 0 bridgehead atoms. The van der Waals surface area contributed by atoms with E-state index in [1.807, 2.05) is 56.3 Å². The fourth-order valence-corrected chi connectivity index (χ4v) is 5.10. The van der Waals surface area contributed by atoms with Gasteiger partial charge in [0, 0.05) is 6.42 Å². The molecule has 3 atom stereocenters. The van der Waals surface area contributed by atoms with Gasteiger partial charge in [-0.1, -0.05) is 87.0 Å². The van der Waals surface area contributed by atoms with Crippen molar-refractivity contribution in [2.24, 2.45) is 11.7 Å². The monoisotopic (exact) mass is 466 g/mol. The molecule has 0 heterocycles. The predicted molar refractivity (Wildman–Crippen MR) is 131 cm³/mol. The molecule has 1 unspecified atom stereocenters. The minimum absolute atomic E-state index is 0.0353. The lowest BCUT2D eigenvalue weighted by atomic mass is 9.99. The minimum atomic E-state index is -3.96. The molecule has 0 aliphatic carbocycles. The van der Waals surface area contributed by atoms with E-state index in [1.54, 1.807) is 48.5 Å². The highest BCUT2D eigenvalue weighted by atomic mass is 31.2. The fourth-order valence-electron chi connectivity index (χ4n) is 3.25. The van der Waals surface area contributed by atoms with Crippen molar-refractivity contribution in [3.8, 4) is 11.5 Å². The topological polar surface area (TPSA) is 90.7 Å². The van der Waals surface area contributed by atoms with Gasteiger partial charge in [-0.15, -0.1) is 0 Å². The average Bonchev–Trinajstić information content (AvgIpc) is 2.84. The quantitative estimate of drug-likeness (QED) is 0.370. The summed E-state index contributed by atoms with van der Waals surface area (Å²) in [6.07, 6.45) is 0.993. The first kappa shape index (κ1) is 24.6. The van der Waals surface area contributed by atoms with Crippen LogP contribution >= 0.6 is 7.60 Å². The molecule has 6 nitrogen and oxygen atoms in total. The van der Waals surface area contributed by atoms with Crippen molar-refractivity contribution in [1.29, 1.82) is 0 Å². The van der Waals surface area contributed by atoms with Gasteiger partial charge < -0.3 is 20.1 Å². The Balaban J connectivity index is 1.99. The molecule has 7 heteroatoms. The summed E-state index contributed by atoms with van der Waals surface area (Å²) in [4.78, 5) is 13.0. The lowest BCUT2D eigenvalue weighted by molar-refractivity contribution is -0.123. The Morgan fingerprint density at radius 3 is 1.79 bits per heavy atom. The summed E-state index contributed by atoms with van der Waals surface area (Å²) in [6, 6.07) is 26.4. The maximum atomic E-state index is 14.4. The molecule has 0 saturated carbocycles. The molecule has 1 amide bonds. The summed E-state index contributed by atoms with van der Waals surface area (Å²) in [5, 5.41) is 2.88. The molecule has 0 saturated heterocycles. The molecule has 0 radical (unpaired) electrons. The summed E-state index contributed by atoms with van der Waals surface area (Å²) < 4.78 is 26.3. The van der Waals surface area contributed by atoms with Crippen LogP contribution in [0.5, 0.6) is 11.5 Å². The van der Waals surface area contributed by atoms with E-state index in [-0.39, 0.29) is 18.2 Å². The molecule has 0 aliphatic heterocycles. The van der Waals surface area contributed by atoms with Crippen LogP contribution in [0.1, 0.15) is 25.8 Å². The van der Waals surface area contributed by atoms with Crippen LogP contribution in [0.25, 0.3) is 0 Å². The van der Waals surface area contributed by atoms with E-state index in [0.717, 1.165) is 12.0 Å². The summed E-state index contributed by atoms with van der Waals surface area (Å²) in [7, 11) is -3.96. The van der Waals surface area contributed by atoms with Gasteiger partial charge in [-0.2, -0.15) is 0 Å². The number of rotatable bonds is 11.